The van der Waals surface area contributed by atoms with E-state index < -0.39 is 10.0 Å². The number of ether oxygens (including phenoxy) is 1. The third kappa shape index (κ3) is 4.54. The Morgan fingerprint density at radius 2 is 1.85 bits per heavy atom. The normalized spacial score (nSPS) is 13.9. The molecule has 3 rings (SSSR count). The monoisotopic (exact) mass is 374 g/mol. The summed E-state index contributed by atoms with van der Waals surface area (Å²) in [6.07, 6.45) is 2.40. The van der Waals surface area contributed by atoms with Crippen molar-refractivity contribution in [1.82, 2.24) is 5.32 Å². The average Bonchev–Trinajstić information content (AvgIpc) is 3.40. The van der Waals surface area contributed by atoms with Crippen LogP contribution in [-0.2, 0) is 21.2 Å². The molecule has 2 N–H and O–H groups in total. The summed E-state index contributed by atoms with van der Waals surface area (Å²) in [5.41, 5.74) is 2.03. The lowest BCUT2D eigenvalue weighted by Crippen LogP contribution is -2.26. The van der Waals surface area contributed by atoms with E-state index in [4.69, 9.17) is 4.74 Å². The maximum Gasteiger partial charge on any atom is 0.261 e. The number of anilines is 1. The Morgan fingerprint density at radius 1 is 1.15 bits per heavy atom. The predicted octanol–water partition coefficient (Wildman–Crippen LogP) is 2.63. The number of sulfonamides is 1. The van der Waals surface area contributed by atoms with E-state index in [9.17, 15) is 13.2 Å². The van der Waals surface area contributed by atoms with Crippen LogP contribution in [-0.4, -0.2) is 27.5 Å². The van der Waals surface area contributed by atoms with E-state index in [1.807, 2.05) is 0 Å². The molecule has 1 aliphatic rings. The number of amides is 1. The minimum atomic E-state index is -3.69. The summed E-state index contributed by atoms with van der Waals surface area (Å²) in [6, 6.07) is 11.9. The fourth-order valence-electron chi connectivity index (χ4n) is 2.61. The van der Waals surface area contributed by atoms with Crippen LogP contribution in [0.15, 0.2) is 47.4 Å². The minimum absolute atomic E-state index is 0.00506. The van der Waals surface area contributed by atoms with E-state index in [1.165, 1.54) is 6.07 Å². The van der Waals surface area contributed by atoms with Gasteiger partial charge in [0.05, 0.1) is 18.4 Å². The largest absolute Gasteiger partial charge is 0.496 e. The molecular formula is C19H22N2O4S. The molecule has 2 aromatic rings. The van der Waals surface area contributed by atoms with Crippen molar-refractivity contribution in [2.45, 2.75) is 37.1 Å². The third-order valence-electron chi connectivity index (χ3n) is 4.19. The number of aryl methyl sites for hydroxylation is 1. The number of hydrogen-bond acceptors (Lipinski definition) is 4. The van der Waals surface area contributed by atoms with Crippen molar-refractivity contribution in [3.05, 3.63) is 53.6 Å². The van der Waals surface area contributed by atoms with Crippen LogP contribution in [0.25, 0.3) is 0 Å². The highest BCUT2D eigenvalue weighted by Gasteiger charge is 2.23. The van der Waals surface area contributed by atoms with Gasteiger partial charge in [0.1, 0.15) is 5.75 Å². The van der Waals surface area contributed by atoms with Crippen molar-refractivity contribution >= 4 is 21.6 Å². The highest BCUT2D eigenvalue weighted by molar-refractivity contribution is 7.92. The van der Waals surface area contributed by atoms with Crippen LogP contribution in [0.4, 0.5) is 5.69 Å². The molecule has 1 saturated carbocycles. The van der Waals surface area contributed by atoms with E-state index in [0.717, 1.165) is 24.0 Å². The summed E-state index contributed by atoms with van der Waals surface area (Å²) in [5.74, 6) is 0.632. The molecule has 6 nitrogen and oxygen atoms in total. The van der Waals surface area contributed by atoms with Gasteiger partial charge < -0.3 is 10.1 Å². The summed E-state index contributed by atoms with van der Waals surface area (Å²) in [6.45, 7) is 1.79. The molecule has 1 fully saturated rings. The molecule has 0 bridgehead atoms. The number of hydrogen-bond donors (Lipinski definition) is 2. The van der Waals surface area contributed by atoms with Crippen molar-refractivity contribution in [3.8, 4) is 5.75 Å². The molecule has 0 unspecified atom stereocenters. The van der Waals surface area contributed by atoms with Gasteiger partial charge in [-0.3, -0.25) is 9.52 Å². The molecule has 0 saturated heterocycles. The molecule has 2 aromatic carbocycles. The fourth-order valence-corrected chi connectivity index (χ4v) is 3.76. The molecule has 26 heavy (non-hydrogen) atoms. The van der Waals surface area contributed by atoms with Gasteiger partial charge in [0.15, 0.2) is 0 Å². The maximum atomic E-state index is 12.5. The van der Waals surface area contributed by atoms with E-state index in [0.29, 0.717) is 23.9 Å². The zero-order valence-electron chi connectivity index (χ0n) is 14.8. The van der Waals surface area contributed by atoms with Crippen LogP contribution in [0.3, 0.4) is 0 Å². The van der Waals surface area contributed by atoms with Crippen LogP contribution in [0.5, 0.6) is 5.75 Å². The lowest BCUT2D eigenvalue weighted by molar-refractivity contribution is -0.120. The second-order valence-electron chi connectivity index (χ2n) is 6.45. The maximum absolute atomic E-state index is 12.5. The molecule has 0 atom stereocenters. The Morgan fingerprint density at radius 3 is 2.42 bits per heavy atom. The number of carbonyl (C=O) groups excluding carboxylic acids is 1. The smallest absolute Gasteiger partial charge is 0.261 e. The molecule has 0 aromatic heterocycles. The summed E-state index contributed by atoms with van der Waals surface area (Å²) >= 11 is 0. The van der Waals surface area contributed by atoms with Gasteiger partial charge in [0.25, 0.3) is 10.0 Å². The standard InChI is InChI=1S/C19H22N2O4S/c1-13-11-17(9-10-18(13)25-2)26(23,24)21-16-5-3-14(4-6-16)12-19(22)20-15-7-8-15/h3-6,9-11,15,21H,7-8,12H2,1-2H3,(H,20,22). The Bertz CT molecular complexity index is 904. The Labute approximate surface area is 153 Å². The molecule has 138 valence electrons. The van der Waals surface area contributed by atoms with Gasteiger partial charge in [-0.2, -0.15) is 0 Å². The summed E-state index contributed by atoms with van der Waals surface area (Å²) in [7, 11) is -2.15. The second kappa shape index (κ2) is 7.37. The number of methoxy groups -OCH3 is 1. The van der Waals surface area contributed by atoms with Crippen molar-refractivity contribution in [3.63, 3.8) is 0 Å². The lowest BCUT2D eigenvalue weighted by atomic mass is 10.1. The summed E-state index contributed by atoms with van der Waals surface area (Å²) in [4.78, 5) is 12.0. The Kier molecular flexibility index (Phi) is 5.18. The number of benzene rings is 2. The molecular weight excluding hydrogens is 352 g/mol. The van der Waals surface area contributed by atoms with Gasteiger partial charge in [-0.15, -0.1) is 0 Å². The zero-order chi connectivity index (χ0) is 18.7. The van der Waals surface area contributed by atoms with Crippen LogP contribution in [0.1, 0.15) is 24.0 Å². The highest BCUT2D eigenvalue weighted by atomic mass is 32.2. The first-order valence-electron chi connectivity index (χ1n) is 8.43. The van der Waals surface area contributed by atoms with Crippen LogP contribution in [0.2, 0.25) is 0 Å². The first kappa shape index (κ1) is 18.3. The molecule has 0 spiro atoms. The first-order valence-corrected chi connectivity index (χ1v) is 9.91. The van der Waals surface area contributed by atoms with Gasteiger partial charge in [-0.05, 0) is 61.2 Å². The minimum Gasteiger partial charge on any atom is -0.496 e. The van der Waals surface area contributed by atoms with Crippen molar-refractivity contribution in [1.29, 1.82) is 0 Å². The van der Waals surface area contributed by atoms with Crippen molar-refractivity contribution in [2.75, 3.05) is 11.8 Å². The number of rotatable bonds is 7. The zero-order valence-corrected chi connectivity index (χ0v) is 15.6. The van der Waals surface area contributed by atoms with E-state index in [-0.39, 0.29) is 10.8 Å². The molecule has 1 amide bonds. The average molecular weight is 374 g/mol. The van der Waals surface area contributed by atoms with Crippen molar-refractivity contribution < 1.29 is 17.9 Å². The van der Waals surface area contributed by atoms with Gasteiger partial charge in [0.2, 0.25) is 5.91 Å². The van der Waals surface area contributed by atoms with Crippen molar-refractivity contribution in [2.24, 2.45) is 0 Å². The number of carbonyl (C=O) groups is 1. The van der Waals surface area contributed by atoms with E-state index in [1.54, 1.807) is 50.4 Å². The Hall–Kier alpha value is -2.54. The molecule has 0 aliphatic heterocycles. The van der Waals surface area contributed by atoms with Gasteiger partial charge in [-0.25, -0.2) is 8.42 Å². The summed E-state index contributed by atoms with van der Waals surface area (Å²) in [5, 5.41) is 2.93. The van der Waals surface area contributed by atoms with E-state index in [2.05, 4.69) is 10.0 Å². The Balaban J connectivity index is 1.67. The SMILES string of the molecule is COc1ccc(S(=O)(=O)Nc2ccc(CC(=O)NC3CC3)cc2)cc1C. The topological polar surface area (TPSA) is 84.5 Å². The lowest BCUT2D eigenvalue weighted by Gasteiger charge is -2.11. The fraction of sp³-hybridized carbons (Fsp3) is 0.316. The molecule has 1 aliphatic carbocycles. The van der Waals surface area contributed by atoms with E-state index >= 15 is 0 Å². The summed E-state index contributed by atoms with van der Waals surface area (Å²) < 4.78 is 32.8. The van der Waals surface area contributed by atoms with Crippen LogP contribution in [0, 0.1) is 6.92 Å². The van der Waals surface area contributed by atoms with Crippen LogP contribution >= 0.6 is 0 Å². The number of nitrogens with one attached hydrogen (secondary N) is 2. The predicted molar refractivity (Wildman–Crippen MR) is 99.9 cm³/mol. The third-order valence-corrected chi connectivity index (χ3v) is 5.57. The first-order chi connectivity index (χ1) is 12.4. The second-order valence-corrected chi connectivity index (χ2v) is 8.13. The van der Waals surface area contributed by atoms with Crippen LogP contribution < -0.4 is 14.8 Å². The van der Waals surface area contributed by atoms with Gasteiger partial charge in [-0.1, -0.05) is 12.1 Å². The molecule has 0 radical (unpaired) electrons. The van der Waals surface area contributed by atoms with Gasteiger partial charge in [0, 0.05) is 11.7 Å². The highest BCUT2D eigenvalue weighted by Crippen LogP contribution is 2.23. The quantitative estimate of drug-likeness (QED) is 0.780. The van der Waals surface area contributed by atoms with Gasteiger partial charge >= 0.3 is 0 Å². The molecule has 7 heteroatoms. The molecule has 0 heterocycles.